The topological polar surface area (TPSA) is 17.1 Å². The van der Waals surface area contributed by atoms with E-state index in [2.05, 4.69) is 27.7 Å². The van der Waals surface area contributed by atoms with Crippen LogP contribution in [0.2, 0.25) is 0 Å². The van der Waals surface area contributed by atoms with Crippen molar-refractivity contribution < 1.29 is 4.79 Å². The van der Waals surface area contributed by atoms with Crippen LogP contribution in [0.4, 0.5) is 0 Å². The highest BCUT2D eigenvalue weighted by atomic mass is 33.1. The fourth-order valence-corrected chi connectivity index (χ4v) is 3.07. The van der Waals surface area contributed by atoms with Crippen molar-refractivity contribution in [3.05, 3.63) is 0 Å². The van der Waals surface area contributed by atoms with E-state index in [1.807, 2.05) is 35.4 Å². The van der Waals surface area contributed by atoms with Gasteiger partial charge >= 0.3 is 0 Å². The smallest absolute Gasteiger partial charge is 0.136 e. The molecule has 0 heterocycles. The second-order valence-corrected chi connectivity index (χ2v) is 8.27. The van der Waals surface area contributed by atoms with E-state index in [-0.39, 0.29) is 10.7 Å². The normalized spacial score (nSPS) is 12.6. The number of Topliss-reactive ketones (excluding diaryl/α,β-unsaturated/α-hetero) is 1. The molecule has 0 aromatic rings. The molecule has 0 amide bonds. The summed E-state index contributed by atoms with van der Waals surface area (Å²) in [7, 11) is 3.68. The van der Waals surface area contributed by atoms with Crippen LogP contribution in [0.1, 0.15) is 48.0 Å². The highest BCUT2D eigenvalue weighted by Gasteiger charge is 2.24. The van der Waals surface area contributed by atoms with Gasteiger partial charge in [0, 0.05) is 22.3 Å². The fourth-order valence-electron chi connectivity index (χ4n) is 0.880. The Kier molecular flexibility index (Phi) is 6.22. The molecule has 0 saturated carbocycles. The van der Waals surface area contributed by atoms with Crippen LogP contribution in [-0.2, 0) is 4.79 Å². The Balaban J connectivity index is 4.00. The molecule has 0 atom stereocenters. The van der Waals surface area contributed by atoms with Crippen LogP contribution in [0, 0.1) is 5.92 Å². The van der Waals surface area contributed by atoms with Gasteiger partial charge in [-0.05, 0) is 13.8 Å². The minimum atomic E-state index is 0.0658. The quantitative estimate of drug-likeness (QED) is 0.642. The Morgan fingerprint density at radius 3 is 2.07 bits per heavy atom. The first-order valence-corrected chi connectivity index (χ1v) is 7.33. The number of carbonyl (C=O) groups is 1. The van der Waals surface area contributed by atoms with Gasteiger partial charge in [0.1, 0.15) is 5.78 Å². The Bertz CT molecular complexity index is 186. The monoisotopic (exact) mass is 234 g/mol. The highest BCUT2D eigenvalue weighted by Crippen LogP contribution is 2.40. The summed E-state index contributed by atoms with van der Waals surface area (Å²) in [6.07, 6.45) is 0.676. The molecule has 0 radical (unpaired) electrons. The van der Waals surface area contributed by atoms with Crippen molar-refractivity contribution in [3.8, 4) is 0 Å². The van der Waals surface area contributed by atoms with E-state index in [4.69, 9.17) is 0 Å². The maximum absolute atomic E-state index is 11.6. The lowest BCUT2D eigenvalue weighted by Crippen LogP contribution is -2.22. The van der Waals surface area contributed by atoms with Crippen molar-refractivity contribution in [1.82, 2.24) is 0 Å². The third-order valence-electron chi connectivity index (χ3n) is 1.71. The maximum atomic E-state index is 11.6. The van der Waals surface area contributed by atoms with Crippen LogP contribution < -0.4 is 0 Å². The van der Waals surface area contributed by atoms with E-state index in [1.54, 1.807) is 0 Å². The van der Waals surface area contributed by atoms with Gasteiger partial charge in [-0.3, -0.25) is 4.79 Å². The Morgan fingerprint density at radius 2 is 1.71 bits per heavy atom. The fraction of sp³-hybridized carbons (Fsp3) is 0.909. The molecule has 0 rings (SSSR count). The minimum Gasteiger partial charge on any atom is -0.299 e. The summed E-state index contributed by atoms with van der Waals surface area (Å²) in [6, 6.07) is 0. The van der Waals surface area contributed by atoms with Gasteiger partial charge in [0.2, 0.25) is 0 Å². The predicted molar refractivity (Wildman–Crippen MR) is 68.9 cm³/mol. The second kappa shape index (κ2) is 6.06. The van der Waals surface area contributed by atoms with Gasteiger partial charge in [-0.15, -0.1) is 0 Å². The summed E-state index contributed by atoms with van der Waals surface area (Å²) in [4.78, 5) is 11.6. The van der Waals surface area contributed by atoms with Gasteiger partial charge in [-0.1, -0.05) is 49.3 Å². The first kappa shape index (κ1) is 14.4. The molecule has 0 aromatic heterocycles. The van der Waals surface area contributed by atoms with Gasteiger partial charge in [-0.25, -0.2) is 0 Å². The van der Waals surface area contributed by atoms with Crippen LogP contribution in [0.3, 0.4) is 0 Å². The van der Waals surface area contributed by atoms with Crippen molar-refractivity contribution in [2.75, 3.05) is 0 Å². The molecule has 0 aliphatic carbocycles. The van der Waals surface area contributed by atoms with E-state index < -0.39 is 0 Å². The SMILES string of the molecule is CC(C)SSC(C)(C)CC(=O)C(C)C. The van der Waals surface area contributed by atoms with Crippen molar-refractivity contribution in [2.24, 2.45) is 5.92 Å². The number of ketones is 1. The minimum absolute atomic E-state index is 0.0658. The van der Waals surface area contributed by atoms with Crippen molar-refractivity contribution in [3.63, 3.8) is 0 Å². The number of hydrogen-bond acceptors (Lipinski definition) is 3. The molecule has 0 aliphatic heterocycles. The Hall–Kier alpha value is 0.370. The lowest BCUT2D eigenvalue weighted by atomic mass is 9.99. The molecule has 0 aromatic carbocycles. The largest absolute Gasteiger partial charge is 0.299 e. The van der Waals surface area contributed by atoms with Crippen molar-refractivity contribution in [1.29, 1.82) is 0 Å². The summed E-state index contributed by atoms with van der Waals surface area (Å²) in [5, 5.41) is 0.619. The third-order valence-corrected chi connectivity index (χ3v) is 5.58. The number of hydrogen-bond donors (Lipinski definition) is 0. The van der Waals surface area contributed by atoms with Gasteiger partial charge in [0.05, 0.1) is 0 Å². The standard InChI is InChI=1S/C11H22OS2/c1-8(2)10(12)7-11(5,6)14-13-9(3)4/h8-9H,7H2,1-6H3. The highest BCUT2D eigenvalue weighted by molar-refractivity contribution is 8.77. The van der Waals surface area contributed by atoms with E-state index in [9.17, 15) is 4.79 Å². The zero-order valence-electron chi connectivity index (χ0n) is 10.1. The first-order valence-electron chi connectivity index (χ1n) is 5.12. The van der Waals surface area contributed by atoms with Gasteiger partial charge < -0.3 is 0 Å². The zero-order valence-corrected chi connectivity index (χ0v) is 11.7. The molecule has 14 heavy (non-hydrogen) atoms. The molecule has 0 unspecified atom stereocenters. The van der Waals surface area contributed by atoms with Gasteiger partial charge in [0.15, 0.2) is 0 Å². The van der Waals surface area contributed by atoms with E-state index in [1.165, 1.54) is 0 Å². The number of carbonyl (C=O) groups excluding carboxylic acids is 1. The summed E-state index contributed by atoms with van der Waals surface area (Å²) < 4.78 is 0.0658. The van der Waals surface area contributed by atoms with E-state index >= 15 is 0 Å². The molecule has 0 spiro atoms. The van der Waals surface area contributed by atoms with Crippen LogP contribution in [0.15, 0.2) is 0 Å². The molecule has 0 N–H and O–H groups in total. The summed E-state index contributed by atoms with van der Waals surface area (Å²) >= 11 is 0. The molecule has 0 bridgehead atoms. The summed E-state index contributed by atoms with van der Waals surface area (Å²) in [5.74, 6) is 0.533. The molecule has 3 heteroatoms. The van der Waals surface area contributed by atoms with Crippen LogP contribution in [0.25, 0.3) is 0 Å². The molecule has 0 saturated heterocycles. The molecule has 84 valence electrons. The molecular weight excluding hydrogens is 212 g/mol. The van der Waals surface area contributed by atoms with Crippen LogP contribution in [0.5, 0.6) is 0 Å². The van der Waals surface area contributed by atoms with Gasteiger partial charge in [0.25, 0.3) is 0 Å². The zero-order chi connectivity index (χ0) is 11.4. The summed E-state index contributed by atoms with van der Waals surface area (Å²) in [6.45, 7) is 12.6. The summed E-state index contributed by atoms with van der Waals surface area (Å²) in [5.41, 5.74) is 0. The average molecular weight is 234 g/mol. The molecule has 0 aliphatic rings. The second-order valence-electron chi connectivity index (χ2n) is 4.79. The lowest BCUT2D eigenvalue weighted by Gasteiger charge is -2.24. The Morgan fingerprint density at radius 1 is 1.21 bits per heavy atom. The molecule has 0 fully saturated rings. The predicted octanol–water partition coefficient (Wildman–Crippen LogP) is 4.17. The lowest BCUT2D eigenvalue weighted by molar-refractivity contribution is -0.122. The van der Waals surface area contributed by atoms with E-state index in [0.29, 0.717) is 17.5 Å². The Labute approximate surface area is 96.2 Å². The van der Waals surface area contributed by atoms with Gasteiger partial charge in [-0.2, -0.15) is 0 Å². The van der Waals surface area contributed by atoms with E-state index in [0.717, 1.165) is 0 Å². The molecule has 1 nitrogen and oxygen atoms in total. The first-order chi connectivity index (χ1) is 6.24. The van der Waals surface area contributed by atoms with Crippen molar-refractivity contribution in [2.45, 2.75) is 58.0 Å². The molecular formula is C11H22OS2. The number of rotatable bonds is 6. The van der Waals surface area contributed by atoms with Crippen molar-refractivity contribution >= 4 is 27.4 Å². The average Bonchev–Trinajstić information content (AvgIpc) is 2.00. The van der Waals surface area contributed by atoms with Crippen LogP contribution in [-0.4, -0.2) is 15.8 Å². The maximum Gasteiger partial charge on any atom is 0.136 e. The van der Waals surface area contributed by atoms with Crippen LogP contribution >= 0.6 is 21.6 Å². The third kappa shape index (κ3) is 6.77.